The Labute approximate surface area is 188 Å². The van der Waals surface area contributed by atoms with Crippen LogP contribution in [0.1, 0.15) is 58.3 Å². The zero-order valence-electron chi connectivity index (χ0n) is 17.0. The molecule has 2 aromatic rings. The van der Waals surface area contributed by atoms with Gasteiger partial charge in [-0.15, -0.1) is 12.4 Å². The highest BCUT2D eigenvalue weighted by atomic mass is 35.5. The number of benzene rings is 1. The van der Waals surface area contributed by atoms with E-state index in [1.165, 1.54) is 12.3 Å². The molecule has 1 aromatic carbocycles. The first-order chi connectivity index (χ1) is 14.8. The molecule has 2 atom stereocenters. The summed E-state index contributed by atoms with van der Waals surface area (Å²) in [5.74, 6) is -0.968. The van der Waals surface area contributed by atoms with E-state index in [1.54, 1.807) is 4.90 Å². The molecule has 3 aliphatic rings. The van der Waals surface area contributed by atoms with Crippen molar-refractivity contribution in [2.24, 2.45) is 0 Å². The summed E-state index contributed by atoms with van der Waals surface area (Å²) in [4.78, 5) is 19.3. The molecule has 5 rings (SSSR count). The van der Waals surface area contributed by atoms with Gasteiger partial charge in [0.1, 0.15) is 11.5 Å². The highest BCUT2D eigenvalue weighted by molar-refractivity contribution is 5.95. The minimum absolute atomic E-state index is 0. The third-order valence-electron chi connectivity index (χ3n) is 6.46. The van der Waals surface area contributed by atoms with E-state index in [1.807, 2.05) is 0 Å². The molecule has 1 amide bonds. The van der Waals surface area contributed by atoms with Crippen molar-refractivity contribution in [3.05, 3.63) is 52.6 Å². The van der Waals surface area contributed by atoms with E-state index in [0.717, 1.165) is 42.5 Å². The fourth-order valence-corrected chi connectivity index (χ4v) is 5.06. The molecule has 1 aromatic heterocycles. The van der Waals surface area contributed by atoms with Gasteiger partial charge in [0.2, 0.25) is 0 Å². The molecule has 1 aliphatic heterocycles. The first-order valence-corrected chi connectivity index (χ1v) is 10.4. The maximum atomic E-state index is 13.7. The fraction of sp³-hybridized carbons (Fsp3) is 0.455. The summed E-state index contributed by atoms with van der Waals surface area (Å²) >= 11 is 0. The summed E-state index contributed by atoms with van der Waals surface area (Å²) < 4.78 is 58.3. The number of hydrogen-bond donors (Lipinski definition) is 1. The molecule has 5 nitrogen and oxygen atoms in total. The summed E-state index contributed by atoms with van der Waals surface area (Å²) in [5.41, 5.74) is 1.71. The van der Waals surface area contributed by atoms with Crippen LogP contribution in [-0.4, -0.2) is 42.1 Å². The number of aromatic nitrogens is 1. The molecule has 0 spiro atoms. The van der Waals surface area contributed by atoms with Crippen LogP contribution in [0.25, 0.3) is 0 Å². The van der Waals surface area contributed by atoms with Gasteiger partial charge >= 0.3 is 6.18 Å². The van der Waals surface area contributed by atoms with Crippen molar-refractivity contribution in [1.82, 2.24) is 9.88 Å². The number of halogens is 5. The number of hydrogen-bond acceptors (Lipinski definition) is 4. The topological polar surface area (TPSA) is 54.5 Å². The lowest BCUT2D eigenvalue weighted by atomic mass is 9.89. The van der Waals surface area contributed by atoms with Crippen LogP contribution in [0.5, 0.6) is 0 Å². The van der Waals surface area contributed by atoms with Gasteiger partial charge < -0.3 is 15.0 Å². The van der Waals surface area contributed by atoms with E-state index in [2.05, 4.69) is 10.3 Å². The van der Waals surface area contributed by atoms with E-state index in [4.69, 9.17) is 4.74 Å². The second-order valence-corrected chi connectivity index (χ2v) is 8.28. The molecule has 1 saturated heterocycles. The van der Waals surface area contributed by atoms with E-state index in [9.17, 15) is 22.4 Å². The number of fused-ring (bicyclic) bond motifs is 5. The molecule has 2 unspecified atom stereocenters. The lowest BCUT2D eigenvalue weighted by Gasteiger charge is -2.29. The van der Waals surface area contributed by atoms with E-state index in [-0.39, 0.29) is 35.8 Å². The minimum atomic E-state index is -4.78. The van der Waals surface area contributed by atoms with Gasteiger partial charge in [-0.3, -0.25) is 4.79 Å². The predicted molar refractivity (Wildman–Crippen MR) is 112 cm³/mol. The van der Waals surface area contributed by atoms with E-state index >= 15 is 0 Å². The Morgan fingerprint density at radius 2 is 1.81 bits per heavy atom. The smallest absolute Gasteiger partial charge is 0.378 e. The number of nitrogens with zero attached hydrogens (tertiary/aromatic N) is 2. The second kappa shape index (κ2) is 8.51. The molecule has 0 radical (unpaired) electrons. The quantitative estimate of drug-likeness (QED) is 0.622. The van der Waals surface area contributed by atoms with Crippen LogP contribution < -0.4 is 5.32 Å². The standard InChI is InChI=1S/C22H21F4N3O2.ClH/c23-16-4-3-14(10-15(16)22(24,25)26)28-17-11-27-20(21(30)29-5-7-31-8-6-29)19-13-2-1-12(9-13)18(17)19;/h3-4,10-13,28H,1-2,5-9H2;1H. The lowest BCUT2D eigenvalue weighted by molar-refractivity contribution is -0.139. The Hall–Kier alpha value is -2.39. The van der Waals surface area contributed by atoms with Crippen molar-refractivity contribution < 1.29 is 27.1 Å². The van der Waals surface area contributed by atoms with E-state index < -0.39 is 17.6 Å². The van der Waals surface area contributed by atoms with Crippen LogP contribution >= 0.6 is 12.4 Å². The molecule has 2 bridgehead atoms. The van der Waals surface area contributed by atoms with Gasteiger partial charge in [-0.1, -0.05) is 0 Å². The number of amides is 1. The number of pyridine rings is 1. The molecule has 32 heavy (non-hydrogen) atoms. The third kappa shape index (κ3) is 3.92. The van der Waals surface area contributed by atoms with Crippen molar-refractivity contribution in [3.8, 4) is 0 Å². The van der Waals surface area contributed by atoms with Gasteiger partial charge in [-0.25, -0.2) is 9.37 Å². The van der Waals surface area contributed by atoms with E-state index in [0.29, 0.717) is 37.7 Å². The molecule has 172 valence electrons. The Kier molecular flexibility index (Phi) is 6.06. The molecular weight excluding hydrogens is 450 g/mol. The largest absolute Gasteiger partial charge is 0.419 e. The number of nitrogens with one attached hydrogen (secondary N) is 1. The van der Waals surface area contributed by atoms with Gasteiger partial charge in [-0.2, -0.15) is 13.2 Å². The number of carbonyl (C=O) groups excluding carboxylic acids is 1. The third-order valence-corrected chi connectivity index (χ3v) is 6.46. The molecule has 10 heteroatoms. The maximum absolute atomic E-state index is 13.7. The van der Waals surface area contributed by atoms with Crippen LogP contribution in [0.15, 0.2) is 24.4 Å². The summed E-state index contributed by atoms with van der Waals surface area (Å²) in [6.07, 6.45) is -0.407. The van der Waals surface area contributed by atoms with Crippen LogP contribution in [0.2, 0.25) is 0 Å². The average molecular weight is 472 g/mol. The van der Waals surface area contributed by atoms with Gasteiger partial charge in [0, 0.05) is 18.8 Å². The number of alkyl halides is 3. The fourth-order valence-electron chi connectivity index (χ4n) is 5.06. The SMILES string of the molecule is Cl.O=C(c1ncc(Nc2ccc(F)c(C(F)(F)F)c2)c2c1C1CCC2C1)N1CCOCC1. The van der Waals surface area contributed by atoms with Crippen LogP contribution in [-0.2, 0) is 10.9 Å². The summed E-state index contributed by atoms with van der Waals surface area (Å²) in [5, 5.41) is 3.00. The number of rotatable bonds is 3. The van der Waals surface area contributed by atoms with Crippen LogP contribution in [0, 0.1) is 5.82 Å². The van der Waals surface area contributed by atoms with Gasteiger partial charge in [0.15, 0.2) is 0 Å². The summed E-state index contributed by atoms with van der Waals surface area (Å²) in [6.45, 7) is 2.01. The van der Waals surface area contributed by atoms with Crippen molar-refractivity contribution in [1.29, 1.82) is 0 Å². The second-order valence-electron chi connectivity index (χ2n) is 8.28. The Bertz CT molecular complexity index is 1040. The number of morpholine rings is 1. The monoisotopic (exact) mass is 471 g/mol. The molecule has 2 aliphatic carbocycles. The van der Waals surface area contributed by atoms with Crippen molar-refractivity contribution in [2.75, 3.05) is 31.6 Å². The van der Waals surface area contributed by atoms with Crippen molar-refractivity contribution in [2.45, 2.75) is 37.3 Å². The normalized spacial score (nSPS) is 21.8. The van der Waals surface area contributed by atoms with Crippen molar-refractivity contribution >= 4 is 29.7 Å². The zero-order chi connectivity index (χ0) is 21.8. The van der Waals surface area contributed by atoms with Gasteiger partial charge in [0.25, 0.3) is 5.91 Å². The first kappa shape index (κ1) is 22.8. The molecule has 1 N–H and O–H groups in total. The predicted octanol–water partition coefficient (Wildman–Crippen LogP) is 5.24. The number of ether oxygens (including phenoxy) is 1. The molecule has 2 heterocycles. The highest BCUT2D eigenvalue weighted by Gasteiger charge is 2.42. The lowest BCUT2D eigenvalue weighted by Crippen LogP contribution is -2.41. The van der Waals surface area contributed by atoms with Gasteiger partial charge in [0.05, 0.1) is 30.7 Å². The Morgan fingerprint density at radius 3 is 2.50 bits per heavy atom. The molecule has 2 fully saturated rings. The number of anilines is 2. The highest BCUT2D eigenvalue weighted by Crippen LogP contribution is 2.56. The average Bonchev–Trinajstić information content (AvgIpc) is 3.37. The number of carbonyl (C=O) groups is 1. The van der Waals surface area contributed by atoms with Gasteiger partial charge in [-0.05, 0) is 60.4 Å². The first-order valence-electron chi connectivity index (χ1n) is 10.4. The van der Waals surface area contributed by atoms with Crippen molar-refractivity contribution in [3.63, 3.8) is 0 Å². The summed E-state index contributed by atoms with van der Waals surface area (Å²) in [7, 11) is 0. The summed E-state index contributed by atoms with van der Waals surface area (Å²) in [6, 6.07) is 2.85. The maximum Gasteiger partial charge on any atom is 0.419 e. The van der Waals surface area contributed by atoms with Crippen LogP contribution in [0.4, 0.5) is 28.9 Å². The zero-order valence-corrected chi connectivity index (χ0v) is 17.9. The molecular formula is C22H22ClF4N3O2. The molecule has 1 saturated carbocycles. The minimum Gasteiger partial charge on any atom is -0.378 e. The van der Waals surface area contributed by atoms with Crippen LogP contribution in [0.3, 0.4) is 0 Å². The Balaban J connectivity index is 0.00000245. The Morgan fingerprint density at radius 1 is 1.12 bits per heavy atom.